The minimum atomic E-state index is -0.939. The van der Waals surface area contributed by atoms with Gasteiger partial charge in [0.25, 0.3) is 0 Å². The highest BCUT2D eigenvalue weighted by Crippen LogP contribution is 2.44. The van der Waals surface area contributed by atoms with Crippen molar-refractivity contribution in [2.45, 2.75) is 69.9 Å². The number of amides is 2. The first-order valence-corrected chi connectivity index (χ1v) is 12.6. The van der Waals surface area contributed by atoms with E-state index in [2.05, 4.69) is 34.9 Å². The Kier molecular flexibility index (Phi) is 8.06. The number of nitrogens with one attached hydrogen (secondary N) is 2. The van der Waals surface area contributed by atoms with Crippen molar-refractivity contribution in [3.63, 3.8) is 0 Å². The topological polar surface area (TPSA) is 105 Å². The van der Waals surface area contributed by atoms with Crippen LogP contribution in [0.15, 0.2) is 48.5 Å². The summed E-state index contributed by atoms with van der Waals surface area (Å²) in [5.41, 5.74) is 4.64. The maximum atomic E-state index is 13.0. The highest BCUT2D eigenvalue weighted by molar-refractivity contribution is 5.82. The van der Waals surface area contributed by atoms with E-state index in [-0.39, 0.29) is 30.9 Å². The van der Waals surface area contributed by atoms with Gasteiger partial charge < -0.3 is 20.5 Å². The number of carboxylic acids is 1. The monoisotopic (exact) mass is 478 g/mol. The molecule has 7 heteroatoms. The molecular weight excluding hydrogens is 444 g/mol. The first-order chi connectivity index (χ1) is 17.0. The van der Waals surface area contributed by atoms with E-state index in [1.807, 2.05) is 31.2 Å². The van der Waals surface area contributed by atoms with E-state index < -0.39 is 24.0 Å². The smallest absolute Gasteiger partial charge is 0.407 e. The van der Waals surface area contributed by atoms with Gasteiger partial charge in [0.1, 0.15) is 6.61 Å². The second-order valence-electron chi connectivity index (χ2n) is 9.53. The predicted octanol–water partition coefficient (Wildman–Crippen LogP) is 4.84. The highest BCUT2D eigenvalue weighted by atomic mass is 16.5. The van der Waals surface area contributed by atoms with Crippen LogP contribution >= 0.6 is 0 Å². The van der Waals surface area contributed by atoms with Crippen LogP contribution in [0, 0.1) is 5.92 Å². The van der Waals surface area contributed by atoms with Gasteiger partial charge in [-0.15, -0.1) is 0 Å². The fourth-order valence-electron chi connectivity index (χ4n) is 5.40. The van der Waals surface area contributed by atoms with E-state index in [1.165, 1.54) is 11.1 Å². The van der Waals surface area contributed by atoms with Crippen molar-refractivity contribution in [1.29, 1.82) is 0 Å². The summed E-state index contributed by atoms with van der Waals surface area (Å²) >= 11 is 0. The minimum Gasteiger partial charge on any atom is -0.481 e. The van der Waals surface area contributed by atoms with Gasteiger partial charge in [0, 0.05) is 18.0 Å². The zero-order valence-corrected chi connectivity index (χ0v) is 20.2. The maximum Gasteiger partial charge on any atom is 0.407 e. The fourth-order valence-corrected chi connectivity index (χ4v) is 5.40. The molecule has 0 unspecified atom stereocenters. The van der Waals surface area contributed by atoms with Crippen molar-refractivity contribution < 1.29 is 24.2 Å². The Morgan fingerprint density at radius 2 is 1.60 bits per heavy atom. The molecule has 0 radical (unpaired) electrons. The average molecular weight is 479 g/mol. The van der Waals surface area contributed by atoms with Crippen LogP contribution in [0.2, 0.25) is 0 Å². The second kappa shape index (κ2) is 11.4. The molecule has 0 heterocycles. The Hall–Kier alpha value is -3.35. The van der Waals surface area contributed by atoms with Gasteiger partial charge in [-0.1, -0.05) is 74.7 Å². The Bertz CT molecular complexity index is 1020. The molecule has 7 nitrogen and oxygen atoms in total. The lowest BCUT2D eigenvalue weighted by atomic mass is 9.93. The summed E-state index contributed by atoms with van der Waals surface area (Å²) in [6.45, 7) is 2.08. The van der Waals surface area contributed by atoms with Crippen LogP contribution in [-0.4, -0.2) is 41.8 Å². The first-order valence-electron chi connectivity index (χ1n) is 12.6. The Morgan fingerprint density at radius 3 is 2.23 bits per heavy atom. The van der Waals surface area contributed by atoms with Crippen LogP contribution in [0.4, 0.5) is 4.79 Å². The molecule has 4 rings (SSSR count). The first kappa shape index (κ1) is 24.8. The third kappa shape index (κ3) is 5.84. The highest BCUT2D eigenvalue weighted by Gasteiger charge is 2.33. The molecule has 0 aliphatic heterocycles. The molecule has 2 amide bonds. The lowest BCUT2D eigenvalue weighted by Gasteiger charge is -2.27. The summed E-state index contributed by atoms with van der Waals surface area (Å²) in [6.07, 6.45) is 4.07. The van der Waals surface area contributed by atoms with Crippen LogP contribution in [-0.2, 0) is 14.3 Å². The van der Waals surface area contributed by atoms with Gasteiger partial charge in [0.05, 0.1) is 12.3 Å². The average Bonchev–Trinajstić information content (AvgIpc) is 2.98. The molecule has 2 aliphatic rings. The van der Waals surface area contributed by atoms with Gasteiger partial charge in [-0.25, -0.2) is 4.79 Å². The van der Waals surface area contributed by atoms with Crippen LogP contribution in [0.5, 0.6) is 0 Å². The molecule has 0 aromatic heterocycles. The molecule has 1 fully saturated rings. The number of fused-ring (bicyclic) bond motifs is 3. The number of aliphatic carboxylic acids is 1. The zero-order chi connectivity index (χ0) is 24.8. The largest absolute Gasteiger partial charge is 0.481 e. The van der Waals surface area contributed by atoms with Crippen molar-refractivity contribution in [1.82, 2.24) is 10.6 Å². The zero-order valence-electron chi connectivity index (χ0n) is 20.2. The molecule has 2 aromatic rings. The number of carbonyl (C=O) groups is 3. The van der Waals surface area contributed by atoms with Crippen molar-refractivity contribution in [2.75, 3.05) is 6.61 Å². The molecular formula is C28H34N2O5. The Labute approximate surface area is 206 Å². The summed E-state index contributed by atoms with van der Waals surface area (Å²) in [7, 11) is 0. The van der Waals surface area contributed by atoms with Crippen molar-refractivity contribution in [3.8, 4) is 11.1 Å². The third-order valence-corrected chi connectivity index (χ3v) is 7.26. The minimum absolute atomic E-state index is 0.0253. The van der Waals surface area contributed by atoms with Crippen LogP contribution in [0.3, 0.4) is 0 Å². The van der Waals surface area contributed by atoms with E-state index in [9.17, 15) is 14.4 Å². The summed E-state index contributed by atoms with van der Waals surface area (Å²) < 4.78 is 5.71. The summed E-state index contributed by atoms with van der Waals surface area (Å²) in [4.78, 5) is 37.0. The number of hydrogen-bond donors (Lipinski definition) is 3. The fraction of sp³-hybridized carbons (Fsp3) is 0.464. The molecule has 2 aromatic carbocycles. The van der Waals surface area contributed by atoms with Gasteiger partial charge in [-0.2, -0.15) is 0 Å². The predicted molar refractivity (Wildman–Crippen MR) is 133 cm³/mol. The molecule has 0 saturated heterocycles. The molecule has 0 spiro atoms. The van der Waals surface area contributed by atoms with Crippen LogP contribution in [0.25, 0.3) is 11.1 Å². The normalized spacial score (nSPS) is 20.1. The van der Waals surface area contributed by atoms with E-state index >= 15 is 0 Å². The number of rotatable bonds is 8. The van der Waals surface area contributed by atoms with E-state index in [0.29, 0.717) is 19.3 Å². The van der Waals surface area contributed by atoms with Gasteiger partial charge in [-0.3, -0.25) is 9.59 Å². The van der Waals surface area contributed by atoms with Gasteiger partial charge in [0.2, 0.25) is 5.91 Å². The van der Waals surface area contributed by atoms with Crippen molar-refractivity contribution in [2.24, 2.45) is 5.92 Å². The van der Waals surface area contributed by atoms with Crippen molar-refractivity contribution >= 4 is 18.0 Å². The number of ether oxygens (including phenoxy) is 1. The molecule has 3 atom stereocenters. The number of carbonyl (C=O) groups excluding carboxylic acids is 2. The lowest BCUT2D eigenvalue weighted by molar-refractivity contribution is -0.137. The van der Waals surface area contributed by atoms with E-state index in [0.717, 1.165) is 30.4 Å². The van der Waals surface area contributed by atoms with Gasteiger partial charge in [0.15, 0.2) is 0 Å². The Morgan fingerprint density at radius 1 is 0.971 bits per heavy atom. The Balaban J connectivity index is 1.40. The summed E-state index contributed by atoms with van der Waals surface area (Å²) in [6, 6.07) is 15.6. The van der Waals surface area contributed by atoms with Gasteiger partial charge in [-0.05, 0) is 41.5 Å². The molecule has 186 valence electrons. The quantitative estimate of drug-likeness (QED) is 0.471. The molecule has 0 bridgehead atoms. The standard InChI is InChI=1S/C28H34N2O5/c1-2-18(16-26(31)32)29-27(33)23-14-4-3-5-15-25(23)30-28(34)35-17-24-21-12-8-6-10-19(21)20-11-7-9-13-22(20)24/h6-13,18,23-25H,2-5,14-17H2,1H3,(H,29,33)(H,30,34)(H,31,32)/t18-,23-,25+/m0/s1. The third-order valence-electron chi connectivity index (χ3n) is 7.26. The maximum absolute atomic E-state index is 13.0. The molecule has 2 aliphatic carbocycles. The summed E-state index contributed by atoms with van der Waals surface area (Å²) in [5, 5.41) is 14.9. The van der Waals surface area contributed by atoms with Crippen LogP contribution in [0.1, 0.15) is 68.9 Å². The summed E-state index contributed by atoms with van der Waals surface area (Å²) in [5.74, 6) is -1.56. The lowest BCUT2D eigenvalue weighted by Crippen LogP contribution is -2.49. The molecule has 1 saturated carbocycles. The number of benzene rings is 2. The molecule has 35 heavy (non-hydrogen) atoms. The number of hydrogen-bond acceptors (Lipinski definition) is 4. The van der Waals surface area contributed by atoms with E-state index in [4.69, 9.17) is 9.84 Å². The number of alkyl carbamates (subject to hydrolysis) is 1. The van der Waals surface area contributed by atoms with E-state index in [1.54, 1.807) is 0 Å². The van der Waals surface area contributed by atoms with Gasteiger partial charge >= 0.3 is 12.1 Å². The van der Waals surface area contributed by atoms with Crippen molar-refractivity contribution in [3.05, 3.63) is 59.7 Å². The molecule has 3 N–H and O–H groups in total. The van der Waals surface area contributed by atoms with Crippen LogP contribution < -0.4 is 10.6 Å². The number of carboxylic acid groups (broad SMARTS) is 1. The second-order valence-corrected chi connectivity index (χ2v) is 9.53. The SMILES string of the molecule is CC[C@@H](CC(=O)O)NC(=O)[C@H]1CCCCC[C@H]1NC(=O)OCC1c2ccccc2-c2ccccc21.